The zero-order valence-electron chi connectivity index (χ0n) is 8.29. The normalized spacial score (nSPS) is 9.43. The Bertz CT molecular complexity index is 317. The SMILES string of the molecule is COCCc1ccccc1NCC#N. The maximum Gasteiger partial charge on any atom is 0.103 e. The molecule has 0 bridgehead atoms. The van der Waals surface area contributed by atoms with Gasteiger partial charge in [-0.3, -0.25) is 0 Å². The Morgan fingerprint density at radius 1 is 1.43 bits per heavy atom. The average Bonchev–Trinajstić information content (AvgIpc) is 2.24. The van der Waals surface area contributed by atoms with E-state index in [1.165, 1.54) is 5.56 Å². The molecule has 0 spiro atoms. The third kappa shape index (κ3) is 3.08. The van der Waals surface area contributed by atoms with Crippen LogP contribution in [-0.4, -0.2) is 20.3 Å². The van der Waals surface area contributed by atoms with Gasteiger partial charge in [-0.15, -0.1) is 0 Å². The van der Waals surface area contributed by atoms with E-state index in [4.69, 9.17) is 10.00 Å². The summed E-state index contributed by atoms with van der Waals surface area (Å²) >= 11 is 0. The van der Waals surface area contributed by atoms with E-state index in [1.807, 2.05) is 24.3 Å². The second-order valence-corrected chi connectivity index (χ2v) is 2.91. The fourth-order valence-corrected chi connectivity index (χ4v) is 1.26. The van der Waals surface area contributed by atoms with E-state index < -0.39 is 0 Å². The molecule has 14 heavy (non-hydrogen) atoms. The van der Waals surface area contributed by atoms with Crippen molar-refractivity contribution < 1.29 is 4.74 Å². The predicted octanol–water partition coefficient (Wildman–Crippen LogP) is 1.81. The number of para-hydroxylation sites is 1. The van der Waals surface area contributed by atoms with E-state index in [9.17, 15) is 0 Å². The van der Waals surface area contributed by atoms with Gasteiger partial charge in [-0.1, -0.05) is 18.2 Å². The summed E-state index contributed by atoms with van der Waals surface area (Å²) in [5.41, 5.74) is 2.20. The summed E-state index contributed by atoms with van der Waals surface area (Å²) in [6, 6.07) is 10.0. The van der Waals surface area contributed by atoms with Crippen LogP contribution < -0.4 is 5.32 Å². The Hall–Kier alpha value is -1.53. The van der Waals surface area contributed by atoms with Crippen molar-refractivity contribution in [3.05, 3.63) is 29.8 Å². The van der Waals surface area contributed by atoms with Gasteiger partial charge in [0.2, 0.25) is 0 Å². The fraction of sp³-hybridized carbons (Fsp3) is 0.364. The van der Waals surface area contributed by atoms with Gasteiger partial charge in [-0.05, 0) is 18.1 Å². The van der Waals surface area contributed by atoms with Crippen molar-refractivity contribution >= 4 is 5.69 Å². The van der Waals surface area contributed by atoms with Gasteiger partial charge < -0.3 is 10.1 Å². The van der Waals surface area contributed by atoms with Gasteiger partial charge in [-0.2, -0.15) is 5.26 Å². The molecule has 0 aliphatic rings. The number of anilines is 1. The highest BCUT2D eigenvalue weighted by Crippen LogP contribution is 2.14. The van der Waals surface area contributed by atoms with E-state index in [1.54, 1.807) is 7.11 Å². The molecule has 1 rings (SSSR count). The first-order chi connectivity index (χ1) is 6.88. The van der Waals surface area contributed by atoms with Crippen LogP contribution in [0.4, 0.5) is 5.69 Å². The van der Waals surface area contributed by atoms with Crippen molar-refractivity contribution in [2.24, 2.45) is 0 Å². The van der Waals surface area contributed by atoms with Gasteiger partial charge in [0, 0.05) is 12.8 Å². The largest absolute Gasteiger partial charge is 0.384 e. The number of methoxy groups -OCH3 is 1. The molecule has 1 aromatic rings. The van der Waals surface area contributed by atoms with Gasteiger partial charge in [0.05, 0.1) is 12.7 Å². The van der Waals surface area contributed by atoms with Crippen LogP contribution in [0.3, 0.4) is 0 Å². The zero-order valence-corrected chi connectivity index (χ0v) is 8.29. The number of nitrogens with zero attached hydrogens (tertiary/aromatic N) is 1. The summed E-state index contributed by atoms with van der Waals surface area (Å²) in [7, 11) is 1.69. The van der Waals surface area contributed by atoms with E-state index in [2.05, 4.69) is 11.4 Å². The minimum atomic E-state index is 0.337. The number of hydrogen-bond acceptors (Lipinski definition) is 3. The summed E-state index contributed by atoms with van der Waals surface area (Å²) in [6.45, 7) is 1.04. The lowest BCUT2D eigenvalue weighted by Gasteiger charge is -2.08. The maximum absolute atomic E-state index is 8.46. The highest BCUT2D eigenvalue weighted by molar-refractivity contribution is 5.51. The van der Waals surface area contributed by atoms with Crippen molar-refractivity contribution in [3.8, 4) is 6.07 Å². The van der Waals surface area contributed by atoms with Crippen molar-refractivity contribution in [1.82, 2.24) is 0 Å². The quantitative estimate of drug-likeness (QED) is 0.720. The summed E-state index contributed by atoms with van der Waals surface area (Å²) < 4.78 is 5.01. The molecule has 0 saturated heterocycles. The minimum absolute atomic E-state index is 0.337. The summed E-state index contributed by atoms with van der Waals surface area (Å²) in [5, 5.41) is 11.5. The molecule has 0 aliphatic carbocycles. The molecule has 3 nitrogen and oxygen atoms in total. The number of nitriles is 1. The molecule has 0 unspecified atom stereocenters. The molecule has 1 aromatic carbocycles. The second-order valence-electron chi connectivity index (χ2n) is 2.91. The average molecular weight is 190 g/mol. The van der Waals surface area contributed by atoms with Crippen LogP contribution in [0.1, 0.15) is 5.56 Å². The van der Waals surface area contributed by atoms with Gasteiger partial charge in [-0.25, -0.2) is 0 Å². The molecule has 3 heteroatoms. The lowest BCUT2D eigenvalue weighted by atomic mass is 10.1. The van der Waals surface area contributed by atoms with Crippen LogP contribution in [0, 0.1) is 11.3 Å². The Morgan fingerprint density at radius 2 is 2.21 bits per heavy atom. The highest BCUT2D eigenvalue weighted by atomic mass is 16.5. The molecule has 0 radical (unpaired) electrons. The smallest absolute Gasteiger partial charge is 0.103 e. The van der Waals surface area contributed by atoms with Crippen LogP contribution >= 0.6 is 0 Å². The molecule has 1 N–H and O–H groups in total. The van der Waals surface area contributed by atoms with E-state index in [-0.39, 0.29) is 0 Å². The Labute approximate surface area is 84.3 Å². The third-order valence-electron chi connectivity index (χ3n) is 1.95. The second kappa shape index (κ2) is 6.01. The van der Waals surface area contributed by atoms with Gasteiger partial charge >= 0.3 is 0 Å². The maximum atomic E-state index is 8.46. The Morgan fingerprint density at radius 3 is 2.93 bits per heavy atom. The van der Waals surface area contributed by atoms with E-state index >= 15 is 0 Å². The first-order valence-electron chi connectivity index (χ1n) is 4.56. The fourth-order valence-electron chi connectivity index (χ4n) is 1.26. The van der Waals surface area contributed by atoms with Crippen LogP contribution in [0.15, 0.2) is 24.3 Å². The standard InChI is InChI=1S/C11H14N2O/c1-14-9-6-10-4-2-3-5-11(10)13-8-7-12/h2-5,13H,6,8-9H2,1H3. The number of benzene rings is 1. The highest BCUT2D eigenvalue weighted by Gasteiger charge is 1.99. The predicted molar refractivity (Wildman–Crippen MR) is 56.1 cm³/mol. The lowest BCUT2D eigenvalue weighted by molar-refractivity contribution is 0.202. The number of ether oxygens (including phenoxy) is 1. The molecule has 0 saturated carbocycles. The molecule has 0 fully saturated rings. The molecule has 74 valence electrons. The van der Waals surface area contributed by atoms with E-state index in [0.29, 0.717) is 13.2 Å². The molecular formula is C11H14N2O. The van der Waals surface area contributed by atoms with Crippen LogP contribution in [0.5, 0.6) is 0 Å². The number of rotatable bonds is 5. The van der Waals surface area contributed by atoms with E-state index in [0.717, 1.165) is 12.1 Å². The van der Waals surface area contributed by atoms with Crippen molar-refractivity contribution in [2.75, 3.05) is 25.6 Å². The summed E-state index contributed by atoms with van der Waals surface area (Å²) in [4.78, 5) is 0. The van der Waals surface area contributed by atoms with Gasteiger partial charge in [0.25, 0.3) is 0 Å². The number of nitrogens with one attached hydrogen (secondary N) is 1. The van der Waals surface area contributed by atoms with Crippen molar-refractivity contribution in [1.29, 1.82) is 5.26 Å². The minimum Gasteiger partial charge on any atom is -0.384 e. The van der Waals surface area contributed by atoms with Crippen molar-refractivity contribution in [2.45, 2.75) is 6.42 Å². The Kier molecular flexibility index (Phi) is 4.53. The molecule has 0 aromatic heterocycles. The molecular weight excluding hydrogens is 176 g/mol. The number of hydrogen-bond donors (Lipinski definition) is 1. The molecule has 0 atom stereocenters. The Balaban J connectivity index is 2.65. The molecule has 0 aliphatic heterocycles. The van der Waals surface area contributed by atoms with Gasteiger partial charge in [0.15, 0.2) is 0 Å². The monoisotopic (exact) mass is 190 g/mol. The first kappa shape index (κ1) is 10.6. The third-order valence-corrected chi connectivity index (χ3v) is 1.95. The van der Waals surface area contributed by atoms with Gasteiger partial charge in [0.1, 0.15) is 6.54 Å². The van der Waals surface area contributed by atoms with Crippen LogP contribution in [0.25, 0.3) is 0 Å². The van der Waals surface area contributed by atoms with Crippen LogP contribution in [0.2, 0.25) is 0 Å². The zero-order chi connectivity index (χ0) is 10.2. The van der Waals surface area contributed by atoms with Crippen LogP contribution in [-0.2, 0) is 11.2 Å². The summed E-state index contributed by atoms with van der Waals surface area (Å²) in [5.74, 6) is 0. The topological polar surface area (TPSA) is 45.0 Å². The lowest BCUT2D eigenvalue weighted by Crippen LogP contribution is -2.03. The summed E-state index contributed by atoms with van der Waals surface area (Å²) in [6.07, 6.45) is 0.866. The molecule has 0 amide bonds. The van der Waals surface area contributed by atoms with Crippen molar-refractivity contribution in [3.63, 3.8) is 0 Å². The first-order valence-corrected chi connectivity index (χ1v) is 4.56. The molecule has 0 heterocycles.